The van der Waals surface area contributed by atoms with Crippen LogP contribution in [-0.2, 0) is 0 Å². The second kappa shape index (κ2) is 7.86. The van der Waals surface area contributed by atoms with Crippen molar-refractivity contribution < 1.29 is 14.3 Å². The van der Waals surface area contributed by atoms with Crippen molar-refractivity contribution in [2.24, 2.45) is 0 Å². The van der Waals surface area contributed by atoms with Gasteiger partial charge in [0.05, 0.1) is 17.7 Å². The standard InChI is InChI=1S/C20H25FN2O2S/c1-3-11-23-12-10-20(2,25)18(17(23)16-5-4-13-26-16)22-19(24)14-6-8-15(21)9-7-14/h4-9,13,17-18,25H,3,10-12H2,1-2H3,(H,22,24). The molecule has 2 N–H and O–H groups in total. The zero-order valence-corrected chi connectivity index (χ0v) is 15.9. The first-order chi connectivity index (χ1) is 12.4. The number of halogens is 1. The Kier molecular flexibility index (Phi) is 5.75. The molecule has 2 heterocycles. The Bertz CT molecular complexity index is 731. The molecule has 3 atom stereocenters. The molecule has 1 amide bonds. The second-order valence-corrected chi connectivity index (χ2v) is 8.04. The van der Waals surface area contributed by atoms with Crippen molar-refractivity contribution >= 4 is 17.2 Å². The van der Waals surface area contributed by atoms with Gasteiger partial charge in [-0.15, -0.1) is 11.3 Å². The number of benzene rings is 1. The quantitative estimate of drug-likeness (QED) is 0.838. The molecule has 2 aromatic rings. The van der Waals surface area contributed by atoms with Crippen molar-refractivity contribution in [2.75, 3.05) is 13.1 Å². The summed E-state index contributed by atoms with van der Waals surface area (Å²) < 4.78 is 13.1. The van der Waals surface area contributed by atoms with E-state index in [0.717, 1.165) is 24.4 Å². The molecular weight excluding hydrogens is 351 g/mol. The number of thiophene rings is 1. The summed E-state index contributed by atoms with van der Waals surface area (Å²) in [5.41, 5.74) is -0.631. The number of carbonyl (C=O) groups excluding carboxylic acids is 1. The molecule has 1 saturated heterocycles. The number of nitrogens with zero attached hydrogens (tertiary/aromatic N) is 1. The van der Waals surface area contributed by atoms with Gasteiger partial charge in [0, 0.05) is 17.0 Å². The average Bonchev–Trinajstić information content (AvgIpc) is 3.13. The van der Waals surface area contributed by atoms with Gasteiger partial charge in [0.1, 0.15) is 5.82 Å². The second-order valence-electron chi connectivity index (χ2n) is 7.06. The third-order valence-electron chi connectivity index (χ3n) is 5.02. The molecular formula is C20H25FN2O2S. The minimum atomic E-state index is -1.02. The number of hydrogen-bond donors (Lipinski definition) is 2. The van der Waals surface area contributed by atoms with Gasteiger partial charge >= 0.3 is 0 Å². The van der Waals surface area contributed by atoms with Crippen LogP contribution in [-0.4, -0.2) is 40.6 Å². The lowest BCUT2D eigenvalue weighted by Gasteiger charge is -2.48. The Hall–Kier alpha value is -1.76. The molecule has 140 valence electrons. The highest BCUT2D eigenvalue weighted by atomic mass is 32.1. The van der Waals surface area contributed by atoms with Gasteiger partial charge in [-0.3, -0.25) is 9.69 Å². The number of amides is 1. The van der Waals surface area contributed by atoms with Crippen LogP contribution in [0.15, 0.2) is 41.8 Å². The molecule has 3 unspecified atom stereocenters. The van der Waals surface area contributed by atoms with Gasteiger partial charge in [0.25, 0.3) is 5.91 Å². The molecule has 1 aliphatic rings. The van der Waals surface area contributed by atoms with Crippen LogP contribution in [0.2, 0.25) is 0 Å². The van der Waals surface area contributed by atoms with Gasteiger partial charge in [0.15, 0.2) is 0 Å². The normalized spacial score (nSPS) is 26.6. The zero-order chi connectivity index (χ0) is 18.7. The molecule has 26 heavy (non-hydrogen) atoms. The molecule has 0 spiro atoms. The number of likely N-dealkylation sites (tertiary alicyclic amines) is 1. The Balaban J connectivity index is 1.90. The number of nitrogens with one attached hydrogen (secondary N) is 1. The summed E-state index contributed by atoms with van der Waals surface area (Å²) >= 11 is 1.63. The predicted molar refractivity (Wildman–Crippen MR) is 102 cm³/mol. The topological polar surface area (TPSA) is 52.6 Å². The average molecular weight is 376 g/mol. The van der Waals surface area contributed by atoms with Crippen molar-refractivity contribution in [1.82, 2.24) is 10.2 Å². The van der Waals surface area contributed by atoms with Crippen molar-refractivity contribution in [3.8, 4) is 0 Å². The summed E-state index contributed by atoms with van der Waals surface area (Å²) in [5.74, 6) is -0.674. The number of rotatable bonds is 5. The minimum Gasteiger partial charge on any atom is -0.388 e. The number of hydrogen-bond acceptors (Lipinski definition) is 4. The van der Waals surface area contributed by atoms with Crippen molar-refractivity contribution in [2.45, 2.75) is 44.4 Å². The monoisotopic (exact) mass is 376 g/mol. The molecule has 1 fully saturated rings. The molecule has 0 bridgehead atoms. The van der Waals surface area contributed by atoms with E-state index in [1.54, 1.807) is 18.3 Å². The molecule has 4 nitrogen and oxygen atoms in total. The lowest BCUT2D eigenvalue weighted by Crippen LogP contribution is -2.62. The SMILES string of the molecule is CCCN1CCC(C)(O)C(NC(=O)c2ccc(F)cc2)C1c1cccs1. The Labute approximate surface area is 157 Å². The molecule has 3 rings (SSSR count). The lowest BCUT2D eigenvalue weighted by atomic mass is 9.81. The van der Waals surface area contributed by atoms with Gasteiger partial charge in [0.2, 0.25) is 0 Å². The Morgan fingerprint density at radius 3 is 2.73 bits per heavy atom. The van der Waals surface area contributed by atoms with Gasteiger partial charge < -0.3 is 10.4 Å². The van der Waals surface area contributed by atoms with Gasteiger partial charge in [-0.1, -0.05) is 13.0 Å². The highest BCUT2D eigenvalue weighted by Crippen LogP contribution is 2.38. The third-order valence-corrected chi connectivity index (χ3v) is 5.97. The first-order valence-corrected chi connectivity index (χ1v) is 9.86. The van der Waals surface area contributed by atoms with Crippen LogP contribution in [0.4, 0.5) is 4.39 Å². The van der Waals surface area contributed by atoms with Crippen LogP contribution in [0.25, 0.3) is 0 Å². The van der Waals surface area contributed by atoms with Crippen LogP contribution in [0, 0.1) is 5.82 Å². The van der Waals surface area contributed by atoms with E-state index in [1.165, 1.54) is 24.3 Å². The van der Waals surface area contributed by atoms with E-state index >= 15 is 0 Å². The largest absolute Gasteiger partial charge is 0.388 e. The summed E-state index contributed by atoms with van der Waals surface area (Å²) in [7, 11) is 0. The first-order valence-electron chi connectivity index (χ1n) is 8.98. The summed E-state index contributed by atoms with van der Waals surface area (Å²) in [6, 6.07) is 8.99. The molecule has 0 aliphatic carbocycles. The molecule has 0 saturated carbocycles. The Morgan fingerprint density at radius 1 is 1.38 bits per heavy atom. The highest BCUT2D eigenvalue weighted by Gasteiger charge is 2.46. The fourth-order valence-electron chi connectivity index (χ4n) is 3.62. The van der Waals surface area contributed by atoms with Crippen molar-refractivity contribution in [1.29, 1.82) is 0 Å². The highest BCUT2D eigenvalue weighted by molar-refractivity contribution is 7.10. The van der Waals surface area contributed by atoms with Crippen molar-refractivity contribution in [3.63, 3.8) is 0 Å². The summed E-state index contributed by atoms with van der Waals surface area (Å²) in [6.45, 7) is 5.60. The van der Waals surface area contributed by atoms with E-state index in [0.29, 0.717) is 12.0 Å². The minimum absolute atomic E-state index is 0.0805. The van der Waals surface area contributed by atoms with E-state index in [2.05, 4.69) is 23.2 Å². The predicted octanol–water partition coefficient (Wildman–Crippen LogP) is 3.59. The van der Waals surface area contributed by atoms with Crippen LogP contribution >= 0.6 is 11.3 Å². The van der Waals surface area contributed by atoms with E-state index in [1.807, 2.05) is 11.4 Å². The van der Waals surface area contributed by atoms with Crippen LogP contribution in [0.3, 0.4) is 0 Å². The van der Waals surface area contributed by atoms with E-state index in [-0.39, 0.29) is 17.8 Å². The van der Waals surface area contributed by atoms with Crippen LogP contribution in [0.1, 0.15) is 48.0 Å². The zero-order valence-electron chi connectivity index (χ0n) is 15.1. The molecule has 1 aromatic carbocycles. The van der Waals surface area contributed by atoms with E-state index < -0.39 is 11.6 Å². The number of piperidine rings is 1. The van der Waals surface area contributed by atoms with Gasteiger partial charge in [-0.05, 0) is 62.0 Å². The maximum atomic E-state index is 13.1. The first kappa shape index (κ1) is 19.0. The Morgan fingerprint density at radius 2 is 2.12 bits per heavy atom. The molecule has 1 aliphatic heterocycles. The summed E-state index contributed by atoms with van der Waals surface area (Å²) in [6.07, 6.45) is 1.59. The summed E-state index contributed by atoms with van der Waals surface area (Å²) in [4.78, 5) is 16.2. The van der Waals surface area contributed by atoms with E-state index in [9.17, 15) is 14.3 Å². The number of aliphatic hydroxyl groups is 1. The number of carbonyl (C=O) groups is 1. The van der Waals surface area contributed by atoms with Crippen LogP contribution in [0.5, 0.6) is 0 Å². The fourth-order valence-corrected chi connectivity index (χ4v) is 4.51. The van der Waals surface area contributed by atoms with Crippen LogP contribution < -0.4 is 5.32 Å². The van der Waals surface area contributed by atoms with Crippen molar-refractivity contribution in [3.05, 3.63) is 58.0 Å². The molecule has 0 radical (unpaired) electrons. The molecule has 6 heteroatoms. The van der Waals surface area contributed by atoms with Gasteiger partial charge in [-0.25, -0.2) is 4.39 Å². The maximum absolute atomic E-state index is 13.1. The lowest BCUT2D eigenvalue weighted by molar-refractivity contribution is -0.0629. The molecule has 1 aromatic heterocycles. The third kappa shape index (κ3) is 3.98. The van der Waals surface area contributed by atoms with E-state index in [4.69, 9.17) is 0 Å². The fraction of sp³-hybridized carbons (Fsp3) is 0.450. The maximum Gasteiger partial charge on any atom is 0.251 e. The summed E-state index contributed by atoms with van der Waals surface area (Å²) in [5, 5.41) is 16.1. The van der Waals surface area contributed by atoms with Gasteiger partial charge in [-0.2, -0.15) is 0 Å². The smallest absolute Gasteiger partial charge is 0.251 e.